The van der Waals surface area contributed by atoms with E-state index >= 15 is 0 Å². The first kappa shape index (κ1) is 19.8. The molecule has 0 saturated heterocycles. The third-order valence-electron chi connectivity index (χ3n) is 3.44. The first-order valence-electron chi connectivity index (χ1n) is 7.68. The Morgan fingerprint density at radius 3 is 2.63 bits per heavy atom. The minimum absolute atomic E-state index is 0.180. The highest BCUT2D eigenvalue weighted by Crippen LogP contribution is 2.28. The Labute approximate surface area is 161 Å². The summed E-state index contributed by atoms with van der Waals surface area (Å²) in [4.78, 5) is 23.9. The van der Waals surface area contributed by atoms with Crippen molar-refractivity contribution in [2.45, 2.75) is 0 Å². The van der Waals surface area contributed by atoms with Gasteiger partial charge in [0, 0.05) is 16.9 Å². The Morgan fingerprint density at radius 1 is 1.19 bits per heavy atom. The number of amides is 1. The van der Waals surface area contributed by atoms with Gasteiger partial charge in [0.25, 0.3) is 5.91 Å². The monoisotopic (exact) mass is 385 g/mol. The van der Waals surface area contributed by atoms with Crippen LogP contribution in [0.1, 0.15) is 10.4 Å². The fourth-order valence-corrected chi connectivity index (χ4v) is 2.30. The van der Waals surface area contributed by atoms with E-state index in [1.807, 2.05) is 6.07 Å². The van der Waals surface area contributed by atoms with Gasteiger partial charge < -0.3 is 20.1 Å². The maximum Gasteiger partial charge on any atom is 0.337 e. The summed E-state index contributed by atoms with van der Waals surface area (Å²) in [7, 11) is 2.74. The van der Waals surface area contributed by atoms with Crippen LogP contribution in [0, 0.1) is 11.3 Å². The van der Waals surface area contributed by atoms with Gasteiger partial charge in [0.15, 0.2) is 0 Å². The number of carbonyl (C=O) groups is 2. The number of hydrogen-bond acceptors (Lipinski definition) is 6. The van der Waals surface area contributed by atoms with Gasteiger partial charge in [-0.25, -0.2) is 4.79 Å². The van der Waals surface area contributed by atoms with Crippen molar-refractivity contribution in [1.29, 1.82) is 5.26 Å². The number of nitrogens with zero attached hydrogens (tertiary/aromatic N) is 1. The van der Waals surface area contributed by atoms with E-state index in [1.54, 1.807) is 30.3 Å². The minimum Gasteiger partial charge on any atom is -0.495 e. The molecule has 0 radical (unpaired) electrons. The van der Waals surface area contributed by atoms with Gasteiger partial charge in [0.1, 0.15) is 17.4 Å². The van der Waals surface area contributed by atoms with Crippen molar-refractivity contribution in [3.63, 3.8) is 0 Å². The van der Waals surface area contributed by atoms with Crippen molar-refractivity contribution in [3.05, 3.63) is 64.8 Å². The maximum atomic E-state index is 12.4. The lowest BCUT2D eigenvalue weighted by Crippen LogP contribution is -2.15. The van der Waals surface area contributed by atoms with Crippen molar-refractivity contribution in [2.24, 2.45) is 0 Å². The lowest BCUT2D eigenvalue weighted by Gasteiger charge is -2.10. The zero-order valence-corrected chi connectivity index (χ0v) is 15.3. The zero-order chi connectivity index (χ0) is 19.8. The van der Waals surface area contributed by atoms with Crippen molar-refractivity contribution in [2.75, 3.05) is 24.9 Å². The summed E-state index contributed by atoms with van der Waals surface area (Å²) in [5.41, 5.74) is 1.01. The fraction of sp³-hybridized carbons (Fsp3) is 0.105. The third-order valence-corrected chi connectivity index (χ3v) is 3.68. The minimum atomic E-state index is -0.644. The van der Waals surface area contributed by atoms with Gasteiger partial charge in [-0.3, -0.25) is 4.79 Å². The highest BCUT2D eigenvalue weighted by atomic mass is 35.5. The molecule has 138 valence electrons. The van der Waals surface area contributed by atoms with Gasteiger partial charge in [-0.2, -0.15) is 5.26 Å². The Bertz CT molecular complexity index is 935. The predicted octanol–water partition coefficient (Wildman–Crippen LogP) is 3.59. The molecular weight excluding hydrogens is 370 g/mol. The van der Waals surface area contributed by atoms with Gasteiger partial charge in [-0.15, -0.1) is 0 Å². The van der Waals surface area contributed by atoms with Gasteiger partial charge in [-0.05, 0) is 36.4 Å². The van der Waals surface area contributed by atoms with Crippen LogP contribution >= 0.6 is 11.6 Å². The van der Waals surface area contributed by atoms with Crippen molar-refractivity contribution >= 4 is 34.9 Å². The fourth-order valence-electron chi connectivity index (χ4n) is 2.13. The summed E-state index contributed by atoms with van der Waals surface area (Å²) < 4.78 is 9.81. The van der Waals surface area contributed by atoms with Crippen LogP contribution in [0.4, 0.5) is 11.4 Å². The molecule has 8 heteroatoms. The maximum absolute atomic E-state index is 12.4. The van der Waals surface area contributed by atoms with Crippen molar-refractivity contribution < 1.29 is 19.1 Å². The highest BCUT2D eigenvalue weighted by Gasteiger charge is 2.13. The number of nitriles is 1. The summed E-state index contributed by atoms with van der Waals surface area (Å²) in [6.45, 7) is 0. The van der Waals surface area contributed by atoms with E-state index in [1.165, 1.54) is 32.6 Å². The van der Waals surface area contributed by atoms with Crippen LogP contribution in [-0.2, 0) is 9.53 Å². The molecule has 0 unspecified atom stereocenters. The number of anilines is 2. The quantitative estimate of drug-likeness (QED) is 0.447. The standard InChI is InChI=1S/C19H16ClN3O4/c1-26-17-7-6-14(20)9-16(17)23-18(24)13(10-21)11-22-15-5-3-4-12(8-15)19(25)27-2/h3-9,11,22H,1-2H3,(H,23,24)/b13-11-. The molecule has 27 heavy (non-hydrogen) atoms. The van der Waals surface area contributed by atoms with Gasteiger partial charge in [-0.1, -0.05) is 17.7 Å². The summed E-state index contributed by atoms with van der Waals surface area (Å²) in [6.07, 6.45) is 1.24. The number of esters is 1. The van der Waals surface area contributed by atoms with Crippen LogP contribution in [0.25, 0.3) is 0 Å². The molecule has 0 aliphatic heterocycles. The molecule has 0 saturated carbocycles. The average Bonchev–Trinajstić information content (AvgIpc) is 2.68. The van der Waals surface area contributed by atoms with Crippen LogP contribution in [-0.4, -0.2) is 26.1 Å². The normalized spacial score (nSPS) is 10.5. The van der Waals surface area contributed by atoms with Crippen LogP contribution < -0.4 is 15.4 Å². The third kappa shape index (κ3) is 5.23. The number of benzene rings is 2. The molecule has 7 nitrogen and oxygen atoms in total. The van der Waals surface area contributed by atoms with E-state index < -0.39 is 11.9 Å². The lowest BCUT2D eigenvalue weighted by atomic mass is 10.2. The molecule has 1 amide bonds. The molecule has 0 bridgehead atoms. The van der Waals surface area contributed by atoms with Crippen LogP contribution in [0.3, 0.4) is 0 Å². The first-order chi connectivity index (χ1) is 13.0. The number of halogens is 1. The molecule has 2 aromatic rings. The molecule has 2 rings (SSSR count). The van der Waals surface area contributed by atoms with E-state index in [-0.39, 0.29) is 5.57 Å². The SMILES string of the molecule is COC(=O)c1cccc(N/C=C(/C#N)C(=O)Nc2cc(Cl)ccc2OC)c1. The zero-order valence-electron chi connectivity index (χ0n) is 14.6. The summed E-state index contributed by atoms with van der Waals surface area (Å²) in [5, 5.41) is 15.1. The van der Waals surface area contributed by atoms with Crippen molar-refractivity contribution in [3.8, 4) is 11.8 Å². The summed E-state index contributed by atoms with van der Waals surface area (Å²) in [6, 6.07) is 13.0. The van der Waals surface area contributed by atoms with Gasteiger partial charge in [0.2, 0.25) is 0 Å². The molecule has 2 aromatic carbocycles. The largest absolute Gasteiger partial charge is 0.495 e. The van der Waals surface area contributed by atoms with Crippen LogP contribution in [0.15, 0.2) is 54.2 Å². The topological polar surface area (TPSA) is 100 Å². The first-order valence-corrected chi connectivity index (χ1v) is 8.06. The number of carbonyl (C=O) groups excluding carboxylic acids is 2. The molecule has 0 aromatic heterocycles. The molecule has 0 fully saturated rings. The summed E-state index contributed by atoms with van der Waals surface area (Å²) in [5.74, 6) is -0.729. The van der Waals surface area contributed by atoms with Crippen molar-refractivity contribution in [1.82, 2.24) is 0 Å². The smallest absolute Gasteiger partial charge is 0.337 e. The molecule has 0 aliphatic carbocycles. The molecule has 2 N–H and O–H groups in total. The second-order valence-corrected chi connectivity index (χ2v) is 5.62. The average molecular weight is 386 g/mol. The van der Waals surface area contributed by atoms with E-state index in [0.717, 1.165) is 0 Å². The van der Waals surface area contributed by atoms with Crippen LogP contribution in [0.2, 0.25) is 5.02 Å². The second kappa shape index (κ2) is 9.27. The predicted molar refractivity (Wildman–Crippen MR) is 102 cm³/mol. The Hall–Kier alpha value is -3.50. The van der Waals surface area contributed by atoms with E-state index in [9.17, 15) is 14.9 Å². The van der Waals surface area contributed by atoms with E-state index in [4.69, 9.17) is 16.3 Å². The molecule has 0 heterocycles. The number of rotatable bonds is 6. The van der Waals surface area contributed by atoms with E-state index in [2.05, 4.69) is 15.4 Å². The number of methoxy groups -OCH3 is 2. The lowest BCUT2D eigenvalue weighted by molar-refractivity contribution is -0.112. The summed E-state index contributed by atoms with van der Waals surface area (Å²) >= 11 is 5.93. The van der Waals surface area contributed by atoms with E-state index in [0.29, 0.717) is 27.7 Å². The molecule has 0 atom stereocenters. The van der Waals surface area contributed by atoms with Gasteiger partial charge in [0.05, 0.1) is 25.5 Å². The Balaban J connectivity index is 2.17. The second-order valence-electron chi connectivity index (χ2n) is 5.19. The molecule has 0 aliphatic rings. The Morgan fingerprint density at radius 2 is 1.96 bits per heavy atom. The highest BCUT2D eigenvalue weighted by molar-refractivity contribution is 6.31. The number of ether oxygens (including phenoxy) is 2. The molecular formula is C19H16ClN3O4. The van der Waals surface area contributed by atoms with Crippen LogP contribution in [0.5, 0.6) is 5.75 Å². The Kier molecular flexibility index (Phi) is 6.80. The van der Waals surface area contributed by atoms with Gasteiger partial charge >= 0.3 is 5.97 Å². The number of nitrogens with one attached hydrogen (secondary N) is 2. The molecule has 0 spiro atoms. The number of hydrogen-bond donors (Lipinski definition) is 2.